The van der Waals surface area contributed by atoms with E-state index >= 15 is 0 Å². The van der Waals surface area contributed by atoms with Crippen LogP contribution >= 0.6 is 0 Å². The van der Waals surface area contributed by atoms with Gasteiger partial charge in [-0.15, -0.1) is 0 Å². The number of benzene rings is 1. The Hall–Kier alpha value is -1.43. The van der Waals surface area contributed by atoms with Crippen molar-refractivity contribution in [2.45, 2.75) is 31.3 Å². The first kappa shape index (κ1) is 16.9. The molecular weight excluding hydrogens is 278 g/mol. The molecule has 1 atom stereocenters. The van der Waals surface area contributed by atoms with E-state index in [2.05, 4.69) is 24.3 Å². The number of nitrogens with zero attached hydrogens (tertiary/aromatic N) is 1. The zero-order chi connectivity index (χ0) is 16.2. The van der Waals surface area contributed by atoms with Crippen molar-refractivity contribution >= 4 is 5.91 Å². The van der Waals surface area contributed by atoms with Gasteiger partial charge in [0.05, 0.1) is 0 Å². The molecule has 1 fully saturated rings. The van der Waals surface area contributed by atoms with Crippen LogP contribution in [-0.2, 0) is 9.53 Å². The average Bonchev–Trinajstić information content (AvgIpc) is 2.53. The van der Waals surface area contributed by atoms with Gasteiger partial charge in [0.15, 0.2) is 0 Å². The first-order chi connectivity index (χ1) is 10.4. The number of amides is 1. The van der Waals surface area contributed by atoms with Gasteiger partial charge in [-0.05, 0) is 39.4 Å². The number of nitrogens with one attached hydrogen (secondary N) is 1. The summed E-state index contributed by atoms with van der Waals surface area (Å²) in [6, 6.07) is 7.15. The van der Waals surface area contributed by atoms with Gasteiger partial charge in [0.25, 0.3) is 0 Å². The van der Waals surface area contributed by atoms with E-state index in [1.165, 1.54) is 0 Å². The Bertz CT molecular complexity index is 493. The second-order valence-corrected chi connectivity index (χ2v) is 6.34. The van der Waals surface area contributed by atoms with Crippen molar-refractivity contribution in [3.8, 4) is 0 Å². The van der Waals surface area contributed by atoms with Crippen LogP contribution in [0.4, 0.5) is 0 Å². The van der Waals surface area contributed by atoms with E-state index < -0.39 is 6.04 Å². The molecule has 1 aromatic carbocycles. The molecule has 122 valence electrons. The van der Waals surface area contributed by atoms with Crippen LogP contribution < -0.4 is 11.1 Å². The first-order valence-corrected chi connectivity index (χ1v) is 7.80. The van der Waals surface area contributed by atoms with Gasteiger partial charge in [-0.25, -0.2) is 0 Å². The van der Waals surface area contributed by atoms with Crippen LogP contribution in [0.2, 0.25) is 0 Å². The van der Waals surface area contributed by atoms with Crippen LogP contribution in [-0.4, -0.2) is 50.2 Å². The maximum atomic E-state index is 12.3. The van der Waals surface area contributed by atoms with Gasteiger partial charge in [0, 0.05) is 25.3 Å². The van der Waals surface area contributed by atoms with Crippen molar-refractivity contribution < 1.29 is 9.53 Å². The number of rotatable bonds is 5. The molecule has 3 N–H and O–H groups in total. The molecule has 0 radical (unpaired) electrons. The van der Waals surface area contributed by atoms with Gasteiger partial charge in [0.1, 0.15) is 6.04 Å². The molecule has 22 heavy (non-hydrogen) atoms. The van der Waals surface area contributed by atoms with E-state index in [0.717, 1.165) is 37.2 Å². The molecule has 2 rings (SSSR count). The van der Waals surface area contributed by atoms with Crippen LogP contribution in [0.5, 0.6) is 0 Å². The Morgan fingerprint density at radius 2 is 1.91 bits per heavy atom. The molecule has 0 spiro atoms. The second-order valence-electron chi connectivity index (χ2n) is 6.34. The van der Waals surface area contributed by atoms with Gasteiger partial charge >= 0.3 is 0 Å². The molecule has 1 saturated heterocycles. The standard InChI is InChI=1S/C17H27N3O2/c1-13-4-6-14(7-5-13)15(18)16(21)19-12-17(20(2)3)8-10-22-11-9-17/h4-7,15H,8-12,18H2,1-3H3,(H,19,21). The van der Waals surface area contributed by atoms with Crippen LogP contribution in [0.15, 0.2) is 24.3 Å². The van der Waals surface area contributed by atoms with Crippen molar-refractivity contribution in [2.75, 3.05) is 33.9 Å². The summed E-state index contributed by atoms with van der Waals surface area (Å²) in [7, 11) is 4.11. The smallest absolute Gasteiger partial charge is 0.241 e. The summed E-state index contributed by atoms with van der Waals surface area (Å²) in [6.45, 7) is 4.08. The molecule has 1 unspecified atom stereocenters. The van der Waals surface area contributed by atoms with Gasteiger partial charge in [-0.1, -0.05) is 29.8 Å². The quantitative estimate of drug-likeness (QED) is 0.858. The molecule has 1 aliphatic heterocycles. The molecule has 1 heterocycles. The molecule has 0 bridgehead atoms. The molecule has 1 amide bonds. The minimum atomic E-state index is -0.625. The Labute approximate surface area is 132 Å². The monoisotopic (exact) mass is 305 g/mol. The summed E-state index contributed by atoms with van der Waals surface area (Å²) in [5.41, 5.74) is 8.03. The van der Waals surface area contributed by atoms with Crippen LogP contribution in [0, 0.1) is 6.92 Å². The summed E-state index contributed by atoms with van der Waals surface area (Å²) in [5.74, 6) is -0.128. The summed E-state index contributed by atoms with van der Waals surface area (Å²) < 4.78 is 5.45. The highest BCUT2D eigenvalue weighted by Crippen LogP contribution is 2.25. The van der Waals surface area contributed by atoms with E-state index in [4.69, 9.17) is 10.5 Å². The molecule has 0 aliphatic carbocycles. The van der Waals surface area contributed by atoms with Crippen LogP contribution in [0.3, 0.4) is 0 Å². The number of ether oxygens (including phenoxy) is 1. The highest BCUT2D eigenvalue weighted by Gasteiger charge is 2.35. The lowest BCUT2D eigenvalue weighted by molar-refractivity contribution is -0.123. The number of hydrogen-bond donors (Lipinski definition) is 2. The van der Waals surface area contributed by atoms with Crippen molar-refractivity contribution in [2.24, 2.45) is 5.73 Å². The Morgan fingerprint density at radius 3 is 2.45 bits per heavy atom. The zero-order valence-corrected chi connectivity index (χ0v) is 13.8. The number of carbonyl (C=O) groups is 1. The summed E-state index contributed by atoms with van der Waals surface area (Å²) in [5, 5.41) is 3.03. The number of hydrogen-bond acceptors (Lipinski definition) is 4. The lowest BCUT2D eigenvalue weighted by atomic mass is 9.88. The van der Waals surface area contributed by atoms with Crippen molar-refractivity contribution in [3.05, 3.63) is 35.4 Å². The summed E-state index contributed by atoms with van der Waals surface area (Å²) >= 11 is 0. The highest BCUT2D eigenvalue weighted by molar-refractivity contribution is 5.83. The fraction of sp³-hybridized carbons (Fsp3) is 0.588. The zero-order valence-electron chi connectivity index (χ0n) is 13.8. The molecule has 5 heteroatoms. The molecule has 1 aromatic rings. The predicted molar refractivity (Wildman–Crippen MR) is 87.6 cm³/mol. The molecule has 5 nitrogen and oxygen atoms in total. The van der Waals surface area contributed by atoms with Gasteiger partial charge in [-0.2, -0.15) is 0 Å². The first-order valence-electron chi connectivity index (χ1n) is 7.80. The fourth-order valence-electron chi connectivity index (χ4n) is 2.82. The summed E-state index contributed by atoms with van der Waals surface area (Å²) in [4.78, 5) is 14.5. The topological polar surface area (TPSA) is 67.6 Å². The normalized spacial score (nSPS) is 19.0. The maximum absolute atomic E-state index is 12.3. The SMILES string of the molecule is Cc1ccc(C(N)C(=O)NCC2(N(C)C)CCOCC2)cc1. The number of nitrogens with two attached hydrogens (primary N) is 1. The number of likely N-dealkylation sites (N-methyl/N-ethyl adjacent to an activating group) is 1. The lowest BCUT2D eigenvalue weighted by Crippen LogP contribution is -2.56. The third kappa shape index (κ3) is 3.85. The molecule has 0 aromatic heterocycles. The number of aryl methyl sites for hydroxylation is 1. The van der Waals surface area contributed by atoms with E-state index in [0.29, 0.717) is 6.54 Å². The number of carbonyl (C=O) groups excluding carboxylic acids is 1. The van der Waals surface area contributed by atoms with E-state index in [1.807, 2.05) is 31.2 Å². The van der Waals surface area contributed by atoms with E-state index in [9.17, 15) is 4.79 Å². The second kappa shape index (κ2) is 7.22. The van der Waals surface area contributed by atoms with Crippen molar-refractivity contribution in [1.29, 1.82) is 0 Å². The minimum absolute atomic E-state index is 0.0408. The maximum Gasteiger partial charge on any atom is 0.241 e. The van der Waals surface area contributed by atoms with Crippen LogP contribution in [0.1, 0.15) is 30.0 Å². The largest absolute Gasteiger partial charge is 0.381 e. The predicted octanol–water partition coefficient (Wildman–Crippen LogP) is 1.22. The van der Waals surface area contributed by atoms with E-state index in [1.54, 1.807) is 0 Å². The highest BCUT2D eigenvalue weighted by atomic mass is 16.5. The summed E-state index contributed by atoms with van der Waals surface area (Å²) in [6.07, 6.45) is 1.83. The van der Waals surface area contributed by atoms with Crippen molar-refractivity contribution in [1.82, 2.24) is 10.2 Å². The van der Waals surface area contributed by atoms with Crippen molar-refractivity contribution in [3.63, 3.8) is 0 Å². The van der Waals surface area contributed by atoms with Gasteiger partial charge in [0.2, 0.25) is 5.91 Å². The lowest BCUT2D eigenvalue weighted by Gasteiger charge is -2.43. The molecule has 1 aliphatic rings. The molecule has 0 saturated carbocycles. The van der Waals surface area contributed by atoms with Gasteiger partial charge in [-0.3, -0.25) is 4.79 Å². The van der Waals surface area contributed by atoms with E-state index in [-0.39, 0.29) is 11.4 Å². The minimum Gasteiger partial charge on any atom is -0.381 e. The van der Waals surface area contributed by atoms with Gasteiger partial charge < -0.3 is 20.7 Å². The Morgan fingerprint density at radius 1 is 1.32 bits per heavy atom. The Balaban J connectivity index is 1.97. The third-order valence-corrected chi connectivity index (χ3v) is 4.68. The third-order valence-electron chi connectivity index (χ3n) is 4.68. The molecular formula is C17H27N3O2. The Kier molecular flexibility index (Phi) is 5.56. The van der Waals surface area contributed by atoms with Crippen LogP contribution in [0.25, 0.3) is 0 Å². The fourth-order valence-corrected chi connectivity index (χ4v) is 2.82. The average molecular weight is 305 g/mol.